The number of nitrogen functional groups attached to an aromatic ring is 1. The first-order valence-corrected chi connectivity index (χ1v) is 7.95. The molecule has 6 nitrogen and oxygen atoms in total. The first-order chi connectivity index (χ1) is 9.75. The Morgan fingerprint density at radius 1 is 1.30 bits per heavy atom. The molecule has 2 rings (SSSR count). The predicted octanol–water partition coefficient (Wildman–Crippen LogP) is 0.992. The number of thioether (sulfide) groups is 2. The van der Waals surface area contributed by atoms with E-state index in [0.29, 0.717) is 11.7 Å². The minimum atomic E-state index is -0.0355. The quantitative estimate of drug-likeness (QED) is 0.451. The van der Waals surface area contributed by atoms with Crippen LogP contribution in [0.15, 0.2) is 46.7 Å². The van der Waals surface area contributed by atoms with Crippen molar-refractivity contribution in [3.63, 3.8) is 0 Å². The number of nitrogens with one attached hydrogen (secondary N) is 1. The average molecular weight is 309 g/mol. The fourth-order valence-corrected chi connectivity index (χ4v) is 2.85. The van der Waals surface area contributed by atoms with E-state index in [4.69, 9.17) is 5.84 Å². The Bertz CT molecular complexity index is 546. The highest BCUT2D eigenvalue weighted by Gasteiger charge is 2.06. The largest absolute Gasteiger partial charge is 0.355 e. The Labute approximate surface area is 125 Å². The lowest BCUT2D eigenvalue weighted by atomic mass is 10.4. The lowest BCUT2D eigenvalue weighted by Gasteiger charge is -2.04. The van der Waals surface area contributed by atoms with E-state index < -0.39 is 0 Å². The Morgan fingerprint density at radius 3 is 2.80 bits per heavy atom. The van der Waals surface area contributed by atoms with E-state index in [0.717, 1.165) is 5.75 Å². The third-order valence-corrected chi connectivity index (χ3v) is 4.28. The Balaban J connectivity index is 1.60. The molecule has 0 saturated carbocycles. The molecule has 0 atom stereocenters. The van der Waals surface area contributed by atoms with Crippen molar-refractivity contribution in [1.29, 1.82) is 0 Å². The standard InChI is InChI=1S/C12H15N5OS2/c13-17-9-15-16-12(17)20-8-11(18)14-6-7-19-10-4-2-1-3-5-10/h1-5,9H,6-8,13H2,(H,14,18). The lowest BCUT2D eigenvalue weighted by Crippen LogP contribution is -2.27. The van der Waals surface area contributed by atoms with Gasteiger partial charge >= 0.3 is 0 Å². The van der Waals surface area contributed by atoms with E-state index in [2.05, 4.69) is 27.6 Å². The number of nitrogens with two attached hydrogens (primary N) is 1. The van der Waals surface area contributed by atoms with Crippen LogP contribution in [-0.2, 0) is 4.79 Å². The summed E-state index contributed by atoms with van der Waals surface area (Å²) < 4.78 is 1.29. The fraction of sp³-hybridized carbons (Fsp3) is 0.250. The first kappa shape index (κ1) is 14.7. The highest BCUT2D eigenvalue weighted by atomic mass is 32.2. The maximum atomic E-state index is 11.6. The summed E-state index contributed by atoms with van der Waals surface area (Å²) >= 11 is 2.97. The van der Waals surface area contributed by atoms with Crippen LogP contribution in [-0.4, -0.2) is 38.8 Å². The van der Waals surface area contributed by atoms with Gasteiger partial charge in [0.15, 0.2) is 0 Å². The van der Waals surface area contributed by atoms with Gasteiger partial charge in [-0.3, -0.25) is 4.79 Å². The first-order valence-electron chi connectivity index (χ1n) is 5.98. The number of rotatable bonds is 7. The van der Waals surface area contributed by atoms with Gasteiger partial charge in [-0.05, 0) is 12.1 Å². The van der Waals surface area contributed by atoms with Gasteiger partial charge in [0.2, 0.25) is 11.1 Å². The summed E-state index contributed by atoms with van der Waals surface area (Å²) in [4.78, 5) is 12.8. The molecule has 1 aromatic carbocycles. The third kappa shape index (κ3) is 4.78. The average Bonchev–Trinajstić information content (AvgIpc) is 2.88. The van der Waals surface area contributed by atoms with Gasteiger partial charge in [0, 0.05) is 17.2 Å². The normalized spacial score (nSPS) is 10.4. The number of carbonyl (C=O) groups excluding carboxylic acids is 1. The van der Waals surface area contributed by atoms with Gasteiger partial charge in [0.05, 0.1) is 5.75 Å². The van der Waals surface area contributed by atoms with Crippen LogP contribution < -0.4 is 11.2 Å². The molecule has 0 unspecified atom stereocenters. The van der Waals surface area contributed by atoms with Gasteiger partial charge in [-0.2, -0.15) is 0 Å². The van der Waals surface area contributed by atoms with Crippen molar-refractivity contribution < 1.29 is 4.79 Å². The van der Waals surface area contributed by atoms with Crippen LogP contribution in [0.4, 0.5) is 0 Å². The highest BCUT2D eigenvalue weighted by molar-refractivity contribution is 7.99. The molecule has 8 heteroatoms. The molecule has 2 aromatic rings. The molecule has 0 spiro atoms. The Morgan fingerprint density at radius 2 is 2.10 bits per heavy atom. The molecule has 1 aromatic heterocycles. The molecule has 0 aliphatic heterocycles. The maximum Gasteiger partial charge on any atom is 0.230 e. The second-order valence-electron chi connectivity index (χ2n) is 3.82. The van der Waals surface area contributed by atoms with E-state index >= 15 is 0 Å². The molecule has 3 N–H and O–H groups in total. The van der Waals surface area contributed by atoms with Crippen LogP contribution in [0.1, 0.15) is 0 Å². The summed E-state index contributed by atoms with van der Waals surface area (Å²) in [6, 6.07) is 10.1. The molecule has 1 heterocycles. The van der Waals surface area contributed by atoms with Gasteiger partial charge in [0.1, 0.15) is 6.33 Å². The van der Waals surface area contributed by atoms with Gasteiger partial charge in [-0.25, -0.2) is 4.68 Å². The summed E-state index contributed by atoms with van der Waals surface area (Å²) in [5.74, 6) is 6.64. The minimum Gasteiger partial charge on any atom is -0.355 e. The van der Waals surface area contributed by atoms with E-state index in [9.17, 15) is 4.79 Å². The Hall–Kier alpha value is -1.67. The van der Waals surface area contributed by atoms with E-state index in [1.807, 2.05) is 18.2 Å². The molecule has 0 aliphatic rings. The topological polar surface area (TPSA) is 85.8 Å². The van der Waals surface area contributed by atoms with Gasteiger partial charge in [-0.15, -0.1) is 22.0 Å². The zero-order valence-corrected chi connectivity index (χ0v) is 12.4. The van der Waals surface area contributed by atoms with Crippen LogP contribution in [0.2, 0.25) is 0 Å². The molecular weight excluding hydrogens is 294 g/mol. The van der Waals surface area contributed by atoms with Gasteiger partial charge in [-0.1, -0.05) is 30.0 Å². The second-order valence-corrected chi connectivity index (χ2v) is 5.93. The third-order valence-electron chi connectivity index (χ3n) is 2.31. The van der Waals surface area contributed by atoms with Crippen LogP contribution in [0.5, 0.6) is 0 Å². The zero-order chi connectivity index (χ0) is 14.2. The summed E-state index contributed by atoms with van der Waals surface area (Å²) in [5.41, 5.74) is 0. The number of amides is 1. The number of hydrogen-bond acceptors (Lipinski definition) is 6. The van der Waals surface area contributed by atoms with Crippen molar-refractivity contribution in [2.75, 3.05) is 23.9 Å². The van der Waals surface area contributed by atoms with Crippen molar-refractivity contribution in [3.8, 4) is 0 Å². The van der Waals surface area contributed by atoms with Crippen molar-refractivity contribution in [2.24, 2.45) is 0 Å². The van der Waals surface area contributed by atoms with Gasteiger partial charge in [0.25, 0.3) is 0 Å². The molecule has 0 fully saturated rings. The van der Waals surface area contributed by atoms with Crippen molar-refractivity contribution in [1.82, 2.24) is 20.2 Å². The number of benzene rings is 1. The minimum absolute atomic E-state index is 0.0355. The molecule has 0 saturated heterocycles. The van der Waals surface area contributed by atoms with E-state index in [1.54, 1.807) is 11.8 Å². The Kier molecular flexibility index (Phi) is 5.75. The number of aromatic nitrogens is 3. The SMILES string of the molecule is Nn1cnnc1SCC(=O)NCCSc1ccccc1. The molecule has 20 heavy (non-hydrogen) atoms. The summed E-state index contributed by atoms with van der Waals surface area (Å²) in [7, 11) is 0. The van der Waals surface area contributed by atoms with Crippen LogP contribution >= 0.6 is 23.5 Å². The van der Waals surface area contributed by atoms with E-state index in [-0.39, 0.29) is 11.7 Å². The molecule has 0 radical (unpaired) electrons. The van der Waals surface area contributed by atoms with Crippen LogP contribution in [0.25, 0.3) is 0 Å². The fourth-order valence-electron chi connectivity index (χ4n) is 1.39. The smallest absolute Gasteiger partial charge is 0.230 e. The van der Waals surface area contributed by atoms with Crippen LogP contribution in [0.3, 0.4) is 0 Å². The molecular formula is C12H15N5OS2. The monoisotopic (exact) mass is 309 g/mol. The molecule has 0 aliphatic carbocycles. The molecule has 106 valence electrons. The highest BCUT2D eigenvalue weighted by Crippen LogP contribution is 2.16. The number of carbonyl (C=O) groups is 1. The number of hydrogen-bond donors (Lipinski definition) is 2. The second kappa shape index (κ2) is 7.81. The lowest BCUT2D eigenvalue weighted by molar-refractivity contribution is -0.118. The van der Waals surface area contributed by atoms with E-state index in [1.165, 1.54) is 27.7 Å². The van der Waals surface area contributed by atoms with Crippen molar-refractivity contribution >= 4 is 29.4 Å². The number of nitrogens with zero attached hydrogens (tertiary/aromatic N) is 3. The predicted molar refractivity (Wildman–Crippen MR) is 81.1 cm³/mol. The van der Waals surface area contributed by atoms with Crippen LogP contribution in [0, 0.1) is 0 Å². The van der Waals surface area contributed by atoms with Gasteiger partial charge < -0.3 is 11.2 Å². The maximum absolute atomic E-state index is 11.6. The molecule has 0 bridgehead atoms. The summed E-state index contributed by atoms with van der Waals surface area (Å²) in [5, 5.41) is 10.8. The molecule has 1 amide bonds. The summed E-state index contributed by atoms with van der Waals surface area (Å²) in [6.45, 7) is 0.633. The van der Waals surface area contributed by atoms with Crippen molar-refractivity contribution in [3.05, 3.63) is 36.7 Å². The van der Waals surface area contributed by atoms with Crippen molar-refractivity contribution in [2.45, 2.75) is 10.1 Å². The zero-order valence-electron chi connectivity index (χ0n) is 10.7. The summed E-state index contributed by atoms with van der Waals surface area (Å²) in [6.07, 6.45) is 1.40.